The first-order valence-electron chi connectivity index (χ1n) is 5.82. The summed E-state index contributed by atoms with van der Waals surface area (Å²) in [7, 11) is 0. The molecular weight excluding hydrogens is 204 g/mol. The van der Waals surface area contributed by atoms with Gasteiger partial charge in [0.2, 0.25) is 0 Å². The number of likely N-dealkylation sites (N-methyl/N-ethyl adjacent to an activating group) is 1. The van der Waals surface area contributed by atoms with Crippen molar-refractivity contribution >= 4 is 5.82 Å². The Morgan fingerprint density at radius 2 is 2.44 bits per heavy atom. The van der Waals surface area contributed by atoms with Crippen LogP contribution in [0.25, 0.3) is 0 Å². The second-order valence-electron chi connectivity index (χ2n) is 4.31. The van der Waals surface area contributed by atoms with E-state index in [2.05, 4.69) is 16.9 Å². The Balaban J connectivity index is 1.93. The second-order valence-corrected chi connectivity index (χ2v) is 4.31. The molecule has 2 heterocycles. The molecule has 1 atom stereocenters. The zero-order chi connectivity index (χ0) is 11.5. The molecule has 0 radical (unpaired) electrons. The third kappa shape index (κ3) is 2.54. The molecule has 1 aliphatic rings. The van der Waals surface area contributed by atoms with Crippen molar-refractivity contribution in [2.24, 2.45) is 0 Å². The highest BCUT2D eigenvalue weighted by molar-refractivity contribution is 5.35. The van der Waals surface area contributed by atoms with E-state index in [1.165, 1.54) is 0 Å². The smallest absolute Gasteiger partial charge is 0.148 e. The highest BCUT2D eigenvalue weighted by Gasteiger charge is 2.20. The van der Waals surface area contributed by atoms with Gasteiger partial charge in [-0.25, -0.2) is 0 Å². The lowest BCUT2D eigenvalue weighted by molar-refractivity contribution is -0.0357. The van der Waals surface area contributed by atoms with Gasteiger partial charge < -0.3 is 10.5 Å². The normalized spacial score (nSPS) is 22.5. The molecule has 0 amide bonds. The van der Waals surface area contributed by atoms with E-state index in [4.69, 9.17) is 10.5 Å². The number of hydrogen-bond donors (Lipinski definition) is 1. The van der Waals surface area contributed by atoms with Crippen molar-refractivity contribution in [3.05, 3.63) is 11.8 Å². The third-order valence-corrected chi connectivity index (χ3v) is 3.04. The number of morpholine rings is 1. The molecule has 0 spiro atoms. The molecule has 1 aliphatic heterocycles. The zero-order valence-corrected chi connectivity index (χ0v) is 10.0. The highest BCUT2D eigenvalue weighted by Crippen LogP contribution is 2.10. The largest absolute Gasteiger partial charge is 0.382 e. The summed E-state index contributed by atoms with van der Waals surface area (Å²) in [4.78, 5) is 2.40. The average molecular weight is 224 g/mol. The van der Waals surface area contributed by atoms with Gasteiger partial charge in [0.15, 0.2) is 0 Å². The third-order valence-electron chi connectivity index (χ3n) is 3.04. The van der Waals surface area contributed by atoms with E-state index in [1.54, 1.807) is 0 Å². The maximum absolute atomic E-state index is 5.72. The van der Waals surface area contributed by atoms with E-state index < -0.39 is 0 Å². The number of anilines is 1. The van der Waals surface area contributed by atoms with E-state index in [0.29, 0.717) is 5.82 Å². The number of nitrogen functional groups attached to an aromatic ring is 1. The Labute approximate surface area is 96.2 Å². The quantitative estimate of drug-likeness (QED) is 0.812. The van der Waals surface area contributed by atoms with Crippen LogP contribution in [0.5, 0.6) is 0 Å². The average Bonchev–Trinajstić information content (AvgIpc) is 2.58. The fourth-order valence-corrected chi connectivity index (χ4v) is 2.02. The van der Waals surface area contributed by atoms with Gasteiger partial charge in [0.1, 0.15) is 5.82 Å². The van der Waals surface area contributed by atoms with Gasteiger partial charge in [-0.2, -0.15) is 5.10 Å². The first-order chi connectivity index (χ1) is 7.69. The minimum atomic E-state index is 0.229. The molecular formula is C11H20N4O. The van der Waals surface area contributed by atoms with Crippen molar-refractivity contribution in [1.29, 1.82) is 0 Å². The van der Waals surface area contributed by atoms with Crippen LogP contribution in [-0.2, 0) is 11.3 Å². The molecule has 0 bridgehead atoms. The zero-order valence-electron chi connectivity index (χ0n) is 10.0. The van der Waals surface area contributed by atoms with Crippen molar-refractivity contribution in [1.82, 2.24) is 14.7 Å². The van der Waals surface area contributed by atoms with Crippen LogP contribution < -0.4 is 5.73 Å². The fraction of sp³-hybridized carbons (Fsp3) is 0.727. The second kappa shape index (κ2) is 4.84. The van der Waals surface area contributed by atoms with Crippen molar-refractivity contribution < 1.29 is 4.74 Å². The molecule has 0 aliphatic carbocycles. The van der Waals surface area contributed by atoms with Gasteiger partial charge in [0, 0.05) is 24.8 Å². The molecule has 1 aromatic rings. The standard InChI is InChI=1S/C11H20N4O/c1-3-14-4-5-16-10(7-14)8-15-6-9(2)11(12)13-15/h6,10H,3-5,7-8H2,1-2H3,(H2,12,13). The van der Waals surface area contributed by atoms with Gasteiger partial charge in [-0.05, 0) is 13.5 Å². The first kappa shape index (κ1) is 11.4. The Morgan fingerprint density at radius 3 is 3.06 bits per heavy atom. The minimum Gasteiger partial charge on any atom is -0.382 e. The highest BCUT2D eigenvalue weighted by atomic mass is 16.5. The predicted octanol–water partition coefficient (Wildman–Crippen LogP) is 0.494. The molecule has 1 fully saturated rings. The van der Waals surface area contributed by atoms with E-state index in [-0.39, 0.29) is 6.10 Å². The molecule has 5 nitrogen and oxygen atoms in total. The number of hydrogen-bond acceptors (Lipinski definition) is 4. The molecule has 2 N–H and O–H groups in total. The lowest BCUT2D eigenvalue weighted by Gasteiger charge is -2.31. The van der Waals surface area contributed by atoms with Crippen LogP contribution in [0.4, 0.5) is 5.82 Å². The van der Waals surface area contributed by atoms with Crippen molar-refractivity contribution in [2.75, 3.05) is 32.0 Å². The molecule has 1 aromatic heterocycles. The number of aryl methyl sites for hydroxylation is 1. The summed E-state index contributed by atoms with van der Waals surface area (Å²) in [5, 5.41) is 4.25. The molecule has 1 unspecified atom stereocenters. The molecule has 0 aromatic carbocycles. The molecule has 1 saturated heterocycles. The van der Waals surface area contributed by atoms with Crippen LogP contribution >= 0.6 is 0 Å². The SMILES string of the molecule is CCN1CCOC(Cn2cc(C)c(N)n2)C1. The summed E-state index contributed by atoms with van der Waals surface area (Å²) < 4.78 is 7.60. The molecule has 90 valence electrons. The minimum absolute atomic E-state index is 0.229. The number of nitrogens with two attached hydrogens (primary N) is 1. The van der Waals surface area contributed by atoms with E-state index in [0.717, 1.165) is 38.3 Å². The summed E-state index contributed by atoms with van der Waals surface area (Å²) in [5.74, 6) is 0.614. The lowest BCUT2D eigenvalue weighted by atomic mass is 10.2. The van der Waals surface area contributed by atoms with E-state index in [9.17, 15) is 0 Å². The first-order valence-corrected chi connectivity index (χ1v) is 5.82. The summed E-state index contributed by atoms with van der Waals surface area (Å²) in [6.45, 7) is 8.85. The van der Waals surface area contributed by atoms with Crippen LogP contribution in [0.2, 0.25) is 0 Å². The van der Waals surface area contributed by atoms with Gasteiger partial charge in [0.05, 0.1) is 19.3 Å². The molecule has 5 heteroatoms. The van der Waals surface area contributed by atoms with Gasteiger partial charge >= 0.3 is 0 Å². The number of rotatable bonds is 3. The topological polar surface area (TPSA) is 56.3 Å². The summed E-state index contributed by atoms with van der Waals surface area (Å²) >= 11 is 0. The number of aromatic nitrogens is 2. The monoisotopic (exact) mass is 224 g/mol. The Bertz CT molecular complexity index is 330. The van der Waals surface area contributed by atoms with Crippen molar-refractivity contribution in [3.63, 3.8) is 0 Å². The maximum atomic E-state index is 5.72. The maximum Gasteiger partial charge on any atom is 0.148 e. The van der Waals surface area contributed by atoms with Crippen molar-refractivity contribution in [3.8, 4) is 0 Å². The van der Waals surface area contributed by atoms with Crippen LogP contribution in [0.1, 0.15) is 12.5 Å². The Kier molecular flexibility index (Phi) is 3.46. The number of ether oxygens (including phenoxy) is 1. The fourth-order valence-electron chi connectivity index (χ4n) is 2.02. The summed E-state index contributed by atoms with van der Waals surface area (Å²) in [6, 6.07) is 0. The molecule has 0 saturated carbocycles. The molecule has 2 rings (SSSR count). The summed E-state index contributed by atoms with van der Waals surface area (Å²) in [6.07, 6.45) is 2.20. The Hall–Kier alpha value is -1.07. The van der Waals surface area contributed by atoms with Crippen LogP contribution in [0, 0.1) is 6.92 Å². The Morgan fingerprint density at radius 1 is 1.62 bits per heavy atom. The lowest BCUT2D eigenvalue weighted by Crippen LogP contribution is -2.44. The van der Waals surface area contributed by atoms with E-state index in [1.807, 2.05) is 17.8 Å². The molecule has 16 heavy (non-hydrogen) atoms. The predicted molar refractivity (Wildman–Crippen MR) is 63.2 cm³/mol. The van der Waals surface area contributed by atoms with Gasteiger partial charge in [-0.3, -0.25) is 9.58 Å². The van der Waals surface area contributed by atoms with Gasteiger partial charge in [-0.15, -0.1) is 0 Å². The van der Waals surface area contributed by atoms with Gasteiger partial charge in [0.25, 0.3) is 0 Å². The van der Waals surface area contributed by atoms with Crippen LogP contribution in [-0.4, -0.2) is 47.0 Å². The van der Waals surface area contributed by atoms with Crippen molar-refractivity contribution in [2.45, 2.75) is 26.5 Å². The van der Waals surface area contributed by atoms with E-state index >= 15 is 0 Å². The van der Waals surface area contributed by atoms with Crippen LogP contribution in [0.3, 0.4) is 0 Å². The van der Waals surface area contributed by atoms with Gasteiger partial charge in [-0.1, -0.05) is 6.92 Å². The van der Waals surface area contributed by atoms with Crippen LogP contribution in [0.15, 0.2) is 6.20 Å². The number of nitrogens with zero attached hydrogens (tertiary/aromatic N) is 3. The summed E-state index contributed by atoms with van der Waals surface area (Å²) in [5.41, 5.74) is 6.75.